The van der Waals surface area contributed by atoms with Crippen LogP contribution in [0.15, 0.2) is 47.1 Å². The minimum absolute atomic E-state index is 0.0679. The van der Waals surface area contributed by atoms with Crippen LogP contribution >= 0.6 is 0 Å². The van der Waals surface area contributed by atoms with E-state index >= 15 is 0 Å². The van der Waals surface area contributed by atoms with Gasteiger partial charge < -0.3 is 10.2 Å². The Labute approximate surface area is 112 Å². The lowest BCUT2D eigenvalue weighted by atomic mass is 10.1. The lowest BCUT2D eigenvalue weighted by Crippen LogP contribution is -2.24. The summed E-state index contributed by atoms with van der Waals surface area (Å²) in [4.78, 5) is 0. The fraction of sp³-hybridized carbons (Fsp3) is 0.231. The standard InChI is InChI=1S/C13H16N2O3S/c14-8-11-3-1-4-12(7-11)10-19(16,17)15-9-13-5-2-6-18-13/h1-7,15H,8-10,14H2. The second kappa shape index (κ2) is 6.01. The number of nitrogens with two attached hydrogens (primary N) is 1. The van der Waals surface area contributed by atoms with Crippen molar-refractivity contribution in [1.29, 1.82) is 0 Å². The van der Waals surface area contributed by atoms with Crippen molar-refractivity contribution in [1.82, 2.24) is 4.72 Å². The summed E-state index contributed by atoms with van der Waals surface area (Å²) in [6, 6.07) is 10.7. The molecule has 0 saturated heterocycles. The smallest absolute Gasteiger partial charge is 0.216 e. The third-order valence-corrected chi connectivity index (χ3v) is 3.93. The summed E-state index contributed by atoms with van der Waals surface area (Å²) in [6.07, 6.45) is 1.51. The monoisotopic (exact) mass is 280 g/mol. The van der Waals surface area contributed by atoms with Gasteiger partial charge in [-0.15, -0.1) is 0 Å². The van der Waals surface area contributed by atoms with Gasteiger partial charge >= 0.3 is 0 Å². The quantitative estimate of drug-likeness (QED) is 0.836. The van der Waals surface area contributed by atoms with Crippen molar-refractivity contribution in [2.45, 2.75) is 18.8 Å². The van der Waals surface area contributed by atoms with Gasteiger partial charge in [0.2, 0.25) is 10.0 Å². The molecule has 0 spiro atoms. The molecule has 0 bridgehead atoms. The third-order valence-electron chi connectivity index (χ3n) is 2.63. The molecule has 0 aliphatic rings. The molecule has 6 heteroatoms. The Morgan fingerprint density at radius 2 is 1.95 bits per heavy atom. The molecular weight excluding hydrogens is 264 g/mol. The summed E-state index contributed by atoms with van der Waals surface area (Å²) in [6.45, 7) is 0.555. The van der Waals surface area contributed by atoms with Crippen LogP contribution in [0.5, 0.6) is 0 Å². The van der Waals surface area contributed by atoms with E-state index in [1.165, 1.54) is 6.26 Å². The molecule has 1 aromatic heterocycles. The fourth-order valence-corrected chi connectivity index (χ4v) is 2.79. The first kappa shape index (κ1) is 13.8. The zero-order valence-corrected chi connectivity index (χ0v) is 11.2. The van der Waals surface area contributed by atoms with Crippen molar-refractivity contribution in [2.75, 3.05) is 0 Å². The van der Waals surface area contributed by atoms with Crippen LogP contribution in [0.2, 0.25) is 0 Å². The van der Waals surface area contributed by atoms with Crippen molar-refractivity contribution in [2.24, 2.45) is 5.73 Å². The van der Waals surface area contributed by atoms with Crippen molar-refractivity contribution < 1.29 is 12.8 Å². The predicted molar refractivity (Wildman–Crippen MR) is 72.5 cm³/mol. The highest BCUT2D eigenvalue weighted by atomic mass is 32.2. The molecule has 0 radical (unpaired) electrons. The highest BCUT2D eigenvalue weighted by molar-refractivity contribution is 7.88. The zero-order chi connectivity index (χ0) is 13.7. The first-order valence-corrected chi connectivity index (χ1v) is 7.52. The second-order valence-corrected chi connectivity index (χ2v) is 5.99. The highest BCUT2D eigenvalue weighted by Crippen LogP contribution is 2.09. The molecule has 0 aliphatic heterocycles. The summed E-state index contributed by atoms with van der Waals surface area (Å²) in [5.41, 5.74) is 7.16. The Balaban J connectivity index is 2.00. The van der Waals surface area contributed by atoms with Crippen LogP contribution < -0.4 is 10.5 Å². The van der Waals surface area contributed by atoms with Gasteiger partial charge in [-0.05, 0) is 23.3 Å². The van der Waals surface area contributed by atoms with Crippen LogP contribution in [-0.2, 0) is 28.9 Å². The largest absolute Gasteiger partial charge is 0.468 e. The second-order valence-electron chi connectivity index (χ2n) is 4.18. The first-order valence-electron chi connectivity index (χ1n) is 5.87. The summed E-state index contributed by atoms with van der Waals surface area (Å²) in [5, 5.41) is 0. The van der Waals surface area contributed by atoms with Crippen molar-refractivity contribution in [3.05, 3.63) is 59.5 Å². The van der Waals surface area contributed by atoms with Gasteiger partial charge in [0.15, 0.2) is 0 Å². The highest BCUT2D eigenvalue weighted by Gasteiger charge is 2.12. The molecule has 1 aromatic carbocycles. The van der Waals surface area contributed by atoms with Gasteiger partial charge in [-0.2, -0.15) is 0 Å². The average Bonchev–Trinajstić information content (AvgIpc) is 2.89. The van der Waals surface area contributed by atoms with Crippen LogP contribution in [0.1, 0.15) is 16.9 Å². The van der Waals surface area contributed by atoms with Crippen molar-refractivity contribution >= 4 is 10.0 Å². The number of rotatable bonds is 6. The Hall–Kier alpha value is -1.63. The van der Waals surface area contributed by atoms with Crippen LogP contribution in [0.25, 0.3) is 0 Å². The molecule has 0 atom stereocenters. The van der Waals surface area contributed by atoms with Gasteiger partial charge in [0, 0.05) is 6.54 Å². The number of benzene rings is 1. The lowest BCUT2D eigenvalue weighted by molar-refractivity contribution is 0.498. The van der Waals surface area contributed by atoms with E-state index in [2.05, 4.69) is 4.72 Å². The van der Waals surface area contributed by atoms with E-state index in [4.69, 9.17) is 10.2 Å². The summed E-state index contributed by atoms with van der Waals surface area (Å²) < 4.78 is 31.4. The van der Waals surface area contributed by atoms with E-state index in [1.807, 2.05) is 6.07 Å². The van der Waals surface area contributed by atoms with Gasteiger partial charge in [0.1, 0.15) is 5.76 Å². The van der Waals surface area contributed by atoms with E-state index in [0.717, 1.165) is 11.1 Å². The summed E-state index contributed by atoms with van der Waals surface area (Å²) in [7, 11) is -3.39. The summed E-state index contributed by atoms with van der Waals surface area (Å²) in [5.74, 6) is 0.515. The number of hydrogen-bond donors (Lipinski definition) is 2. The Kier molecular flexibility index (Phi) is 4.36. The van der Waals surface area contributed by atoms with Crippen LogP contribution in [0, 0.1) is 0 Å². The van der Waals surface area contributed by atoms with E-state index in [9.17, 15) is 8.42 Å². The number of furan rings is 1. The Morgan fingerprint density at radius 1 is 1.16 bits per heavy atom. The molecular formula is C13H16N2O3S. The van der Waals surface area contributed by atoms with E-state index in [1.54, 1.807) is 30.3 Å². The summed E-state index contributed by atoms with van der Waals surface area (Å²) >= 11 is 0. The normalized spacial score (nSPS) is 11.6. The molecule has 0 amide bonds. The molecule has 2 rings (SSSR count). The van der Waals surface area contributed by atoms with E-state index < -0.39 is 10.0 Å². The molecule has 2 aromatic rings. The molecule has 0 aliphatic carbocycles. The first-order chi connectivity index (χ1) is 9.09. The number of sulfonamides is 1. The number of nitrogens with one attached hydrogen (secondary N) is 1. The van der Waals surface area contributed by atoms with Crippen LogP contribution in [0.3, 0.4) is 0 Å². The zero-order valence-electron chi connectivity index (χ0n) is 10.4. The van der Waals surface area contributed by atoms with Crippen molar-refractivity contribution in [3.8, 4) is 0 Å². The maximum absolute atomic E-state index is 11.9. The molecule has 1 heterocycles. The van der Waals surface area contributed by atoms with E-state index in [-0.39, 0.29) is 12.3 Å². The minimum atomic E-state index is -3.39. The number of hydrogen-bond acceptors (Lipinski definition) is 4. The van der Waals surface area contributed by atoms with Crippen LogP contribution in [0.4, 0.5) is 0 Å². The predicted octanol–water partition coefficient (Wildman–Crippen LogP) is 1.36. The fourth-order valence-electron chi connectivity index (χ4n) is 1.71. The van der Waals surface area contributed by atoms with Gasteiger partial charge in [-0.1, -0.05) is 24.3 Å². The molecule has 102 valence electrons. The molecule has 0 fully saturated rings. The minimum Gasteiger partial charge on any atom is -0.468 e. The Bertz CT molecular complexity index is 621. The average molecular weight is 280 g/mol. The molecule has 19 heavy (non-hydrogen) atoms. The maximum atomic E-state index is 11.9. The molecule has 5 nitrogen and oxygen atoms in total. The van der Waals surface area contributed by atoms with Gasteiger partial charge in [-0.3, -0.25) is 0 Å². The van der Waals surface area contributed by atoms with Gasteiger partial charge in [0.25, 0.3) is 0 Å². The SMILES string of the molecule is NCc1cccc(CS(=O)(=O)NCc2ccco2)c1. The van der Waals surface area contributed by atoms with E-state index in [0.29, 0.717) is 12.3 Å². The lowest BCUT2D eigenvalue weighted by Gasteiger charge is -2.06. The molecule has 3 N–H and O–H groups in total. The maximum Gasteiger partial charge on any atom is 0.216 e. The van der Waals surface area contributed by atoms with Gasteiger partial charge in [-0.25, -0.2) is 13.1 Å². The van der Waals surface area contributed by atoms with Crippen LogP contribution in [-0.4, -0.2) is 8.42 Å². The third kappa shape index (κ3) is 4.20. The molecule has 0 unspecified atom stereocenters. The Morgan fingerprint density at radius 3 is 2.63 bits per heavy atom. The topological polar surface area (TPSA) is 85.3 Å². The van der Waals surface area contributed by atoms with Gasteiger partial charge in [0.05, 0.1) is 18.6 Å². The van der Waals surface area contributed by atoms with Crippen molar-refractivity contribution in [3.63, 3.8) is 0 Å². The molecule has 0 saturated carbocycles.